The maximum absolute atomic E-state index is 11.7. The van der Waals surface area contributed by atoms with Crippen LogP contribution in [0.15, 0.2) is 53.5 Å². The maximum atomic E-state index is 11.7. The lowest BCUT2D eigenvalue weighted by atomic mass is 9.81. The summed E-state index contributed by atoms with van der Waals surface area (Å²) in [4.78, 5) is 15.6. The number of carboxylic acids is 1. The zero-order valence-corrected chi connectivity index (χ0v) is 16.9. The second-order valence-electron chi connectivity index (χ2n) is 7.54. The molecule has 0 aliphatic carbocycles. The van der Waals surface area contributed by atoms with Crippen LogP contribution < -0.4 is 15.4 Å². The molecule has 0 aromatic heterocycles. The van der Waals surface area contributed by atoms with Crippen molar-refractivity contribution in [1.29, 1.82) is 0 Å². The van der Waals surface area contributed by atoms with E-state index in [4.69, 9.17) is 21.3 Å². The van der Waals surface area contributed by atoms with Crippen LogP contribution in [0.4, 0.5) is 5.69 Å². The van der Waals surface area contributed by atoms with Crippen molar-refractivity contribution in [1.82, 2.24) is 10.6 Å². The molecule has 29 heavy (non-hydrogen) atoms. The predicted molar refractivity (Wildman–Crippen MR) is 114 cm³/mol. The molecular formula is C22H24ClN3O3. The van der Waals surface area contributed by atoms with Gasteiger partial charge in [-0.25, -0.2) is 4.99 Å². The number of carbonyl (C=O) groups is 1. The molecule has 0 spiro atoms. The minimum atomic E-state index is -1.04. The highest BCUT2D eigenvalue weighted by Gasteiger charge is 2.46. The Labute approximate surface area is 174 Å². The van der Waals surface area contributed by atoms with Crippen molar-refractivity contribution < 1.29 is 14.6 Å². The number of benzene rings is 2. The molecular weight excluding hydrogens is 390 g/mol. The number of ether oxygens (including phenoxy) is 1. The second kappa shape index (κ2) is 8.14. The van der Waals surface area contributed by atoms with Crippen molar-refractivity contribution in [3.05, 3.63) is 54.1 Å². The lowest BCUT2D eigenvalue weighted by molar-refractivity contribution is -0.141. The summed E-state index contributed by atoms with van der Waals surface area (Å²) >= 11 is 7.35. The summed E-state index contributed by atoms with van der Waals surface area (Å²) in [6.07, 6.45) is 0.235. The van der Waals surface area contributed by atoms with E-state index in [1.165, 1.54) is 0 Å². The van der Waals surface area contributed by atoms with Gasteiger partial charge < -0.3 is 20.5 Å². The molecule has 3 N–H and O–H groups in total. The van der Waals surface area contributed by atoms with Crippen molar-refractivity contribution >= 4 is 29.0 Å². The predicted octanol–water partition coefficient (Wildman–Crippen LogP) is 3.56. The van der Waals surface area contributed by atoms with Crippen molar-refractivity contribution in [3.63, 3.8) is 0 Å². The first kappa shape index (κ1) is 19.9. The molecule has 0 saturated carbocycles. The van der Waals surface area contributed by atoms with Crippen LogP contribution in [-0.4, -0.2) is 47.3 Å². The number of carboxylic acid groups (broad SMARTS) is 1. The number of nitrogens with zero attached hydrogens (tertiary/aromatic N) is 1. The van der Waals surface area contributed by atoms with Crippen LogP contribution in [-0.2, 0) is 4.79 Å². The third kappa shape index (κ3) is 3.88. The van der Waals surface area contributed by atoms with Crippen LogP contribution >= 0.6 is 11.6 Å². The minimum absolute atomic E-state index is 0.184. The van der Waals surface area contributed by atoms with Gasteiger partial charge in [-0.2, -0.15) is 0 Å². The maximum Gasteiger partial charge on any atom is 0.306 e. The molecule has 2 aliphatic rings. The SMILES string of the molecule is CC(CC(Cl)(C1=Nc2ccccc2Oc2ccccc21)C1CNCCN1)C(=O)O. The Morgan fingerprint density at radius 3 is 2.69 bits per heavy atom. The zero-order valence-electron chi connectivity index (χ0n) is 16.2. The van der Waals surface area contributed by atoms with Crippen molar-refractivity contribution in [2.45, 2.75) is 24.3 Å². The van der Waals surface area contributed by atoms with Crippen LogP contribution in [0.25, 0.3) is 0 Å². The van der Waals surface area contributed by atoms with E-state index in [1.54, 1.807) is 6.92 Å². The molecule has 4 rings (SSSR count). The molecule has 1 saturated heterocycles. The van der Waals surface area contributed by atoms with Crippen LogP contribution in [0, 0.1) is 5.92 Å². The number of para-hydroxylation sites is 3. The van der Waals surface area contributed by atoms with Gasteiger partial charge in [-0.3, -0.25) is 4.79 Å². The molecule has 2 heterocycles. The van der Waals surface area contributed by atoms with Gasteiger partial charge in [-0.1, -0.05) is 31.2 Å². The number of rotatable bonds is 5. The van der Waals surface area contributed by atoms with Gasteiger partial charge in [-0.15, -0.1) is 11.6 Å². The standard InChI is InChI=1S/C22H24ClN3O3/c1-14(21(27)28)12-22(23,19-13-24-10-11-25-19)20-15-6-2-4-8-17(15)29-18-9-5-3-7-16(18)26-20/h2-9,14,19,24-25H,10-13H2,1H3,(H,27,28). The number of aliphatic imine (C=N–C) groups is 1. The van der Waals surface area contributed by atoms with E-state index in [0.29, 0.717) is 29.4 Å². The van der Waals surface area contributed by atoms with Crippen LogP contribution in [0.2, 0.25) is 0 Å². The van der Waals surface area contributed by atoms with Crippen molar-refractivity contribution in [3.8, 4) is 11.5 Å². The molecule has 0 bridgehead atoms. The topological polar surface area (TPSA) is 83.0 Å². The molecule has 152 valence electrons. The number of aliphatic carboxylic acids is 1. The van der Waals surface area contributed by atoms with E-state index < -0.39 is 16.8 Å². The fourth-order valence-corrected chi connectivity index (χ4v) is 4.45. The molecule has 2 aromatic carbocycles. The first-order chi connectivity index (χ1) is 14.0. The van der Waals surface area contributed by atoms with E-state index in [-0.39, 0.29) is 12.5 Å². The number of fused-ring (bicyclic) bond motifs is 2. The van der Waals surface area contributed by atoms with E-state index in [0.717, 1.165) is 18.7 Å². The summed E-state index contributed by atoms with van der Waals surface area (Å²) in [5, 5.41) is 16.4. The van der Waals surface area contributed by atoms with E-state index >= 15 is 0 Å². The highest BCUT2D eigenvalue weighted by atomic mass is 35.5. The monoisotopic (exact) mass is 413 g/mol. The normalized spacial score (nSPS) is 21.4. The second-order valence-corrected chi connectivity index (χ2v) is 8.22. The smallest absolute Gasteiger partial charge is 0.306 e. The van der Waals surface area contributed by atoms with Crippen molar-refractivity contribution in [2.75, 3.05) is 19.6 Å². The van der Waals surface area contributed by atoms with E-state index in [1.807, 2.05) is 48.5 Å². The molecule has 0 radical (unpaired) electrons. The number of nitrogens with one attached hydrogen (secondary N) is 2. The molecule has 0 amide bonds. The fraction of sp³-hybridized carbons (Fsp3) is 0.364. The van der Waals surface area contributed by atoms with Gasteiger partial charge in [0.1, 0.15) is 16.3 Å². The van der Waals surface area contributed by atoms with Crippen LogP contribution in [0.3, 0.4) is 0 Å². The lowest BCUT2D eigenvalue weighted by Crippen LogP contribution is -2.61. The van der Waals surface area contributed by atoms with Gasteiger partial charge >= 0.3 is 5.97 Å². The van der Waals surface area contributed by atoms with Gasteiger partial charge in [0.15, 0.2) is 5.75 Å². The van der Waals surface area contributed by atoms with E-state index in [9.17, 15) is 9.90 Å². The van der Waals surface area contributed by atoms with Crippen LogP contribution in [0.5, 0.6) is 11.5 Å². The highest BCUT2D eigenvalue weighted by molar-refractivity contribution is 6.40. The summed E-state index contributed by atoms with van der Waals surface area (Å²) in [6, 6.07) is 15.0. The number of alkyl halides is 1. The Hall–Kier alpha value is -2.41. The van der Waals surface area contributed by atoms with Gasteiger partial charge in [0.2, 0.25) is 0 Å². The van der Waals surface area contributed by atoms with Gasteiger partial charge in [0, 0.05) is 31.2 Å². The summed E-state index contributed by atoms with van der Waals surface area (Å²) in [6.45, 7) is 3.90. The highest BCUT2D eigenvalue weighted by Crippen LogP contribution is 2.43. The summed E-state index contributed by atoms with van der Waals surface area (Å²) in [5.41, 5.74) is 2.09. The largest absolute Gasteiger partial charge is 0.481 e. The molecule has 1 fully saturated rings. The Bertz CT molecular complexity index is 942. The Morgan fingerprint density at radius 1 is 1.24 bits per heavy atom. The first-order valence-corrected chi connectivity index (χ1v) is 10.2. The first-order valence-electron chi connectivity index (χ1n) is 9.80. The van der Waals surface area contributed by atoms with Gasteiger partial charge in [0.05, 0.1) is 11.6 Å². The summed E-state index contributed by atoms with van der Waals surface area (Å²) in [7, 11) is 0. The van der Waals surface area contributed by atoms with Crippen molar-refractivity contribution in [2.24, 2.45) is 10.9 Å². The fourth-order valence-electron chi connectivity index (χ4n) is 3.92. The van der Waals surface area contributed by atoms with E-state index in [2.05, 4.69) is 10.6 Å². The molecule has 2 aromatic rings. The zero-order chi connectivity index (χ0) is 20.4. The number of piperazine rings is 1. The van der Waals surface area contributed by atoms with Crippen LogP contribution in [0.1, 0.15) is 18.9 Å². The third-order valence-corrected chi connectivity index (χ3v) is 6.07. The average Bonchev–Trinajstić information content (AvgIpc) is 2.91. The molecule has 3 unspecified atom stereocenters. The third-order valence-electron chi connectivity index (χ3n) is 5.47. The van der Waals surface area contributed by atoms with Gasteiger partial charge in [-0.05, 0) is 30.7 Å². The molecule has 6 nitrogen and oxygen atoms in total. The van der Waals surface area contributed by atoms with Gasteiger partial charge in [0.25, 0.3) is 0 Å². The number of halogens is 1. The summed E-state index contributed by atoms with van der Waals surface area (Å²) < 4.78 is 6.14. The quantitative estimate of drug-likeness (QED) is 0.653. The Balaban J connectivity index is 1.89. The average molecular weight is 414 g/mol. The number of hydrogen-bond acceptors (Lipinski definition) is 5. The lowest BCUT2D eigenvalue weighted by Gasteiger charge is -2.40. The molecule has 3 atom stereocenters. The summed E-state index contributed by atoms with van der Waals surface area (Å²) in [5.74, 6) is -0.202. The molecule has 7 heteroatoms. The Kier molecular flexibility index (Phi) is 5.58. The minimum Gasteiger partial charge on any atom is -0.481 e. The molecule has 2 aliphatic heterocycles. The Morgan fingerprint density at radius 2 is 1.97 bits per heavy atom. The number of hydrogen-bond donors (Lipinski definition) is 3.